The van der Waals surface area contributed by atoms with E-state index in [1.54, 1.807) is 0 Å². The molecule has 0 unspecified atom stereocenters. The number of amides is 1. The van der Waals surface area contributed by atoms with Crippen LogP contribution < -0.4 is 5.32 Å². The first-order chi connectivity index (χ1) is 8.54. The average Bonchev–Trinajstić information content (AvgIpc) is 2.34. The fraction of sp³-hybridized carbons (Fsp3) is 0.250. The molecular formula is C12H10ClF2NO2. The molecule has 0 aromatic heterocycles. The van der Waals surface area contributed by atoms with E-state index in [1.807, 2.05) is 0 Å². The number of hydrogen-bond acceptors (Lipinski definition) is 2. The van der Waals surface area contributed by atoms with Crippen molar-refractivity contribution < 1.29 is 18.7 Å². The van der Waals surface area contributed by atoms with Crippen LogP contribution in [0.4, 0.5) is 8.78 Å². The summed E-state index contributed by atoms with van der Waals surface area (Å²) >= 11 is 5.86. The highest BCUT2D eigenvalue weighted by molar-refractivity contribution is 6.32. The molecule has 0 aliphatic heterocycles. The molecule has 1 aromatic carbocycles. The van der Waals surface area contributed by atoms with Crippen LogP contribution in [0.25, 0.3) is 0 Å². The zero-order chi connectivity index (χ0) is 13.5. The molecule has 2 N–H and O–H groups in total. The predicted octanol–water partition coefficient (Wildman–Crippen LogP) is 1.68. The molecule has 0 aliphatic rings. The summed E-state index contributed by atoms with van der Waals surface area (Å²) in [6, 6.07) is 4.25. The van der Waals surface area contributed by atoms with E-state index in [9.17, 15) is 13.6 Å². The first kappa shape index (κ1) is 14.4. The lowest BCUT2D eigenvalue weighted by Gasteiger charge is -2.05. The monoisotopic (exact) mass is 273 g/mol. The molecular weight excluding hydrogens is 264 g/mol. The van der Waals surface area contributed by atoms with Gasteiger partial charge in [0.1, 0.15) is 6.61 Å². The summed E-state index contributed by atoms with van der Waals surface area (Å²) in [5.41, 5.74) is 0.631. The molecule has 96 valence electrons. The molecule has 0 bridgehead atoms. The lowest BCUT2D eigenvalue weighted by Crippen LogP contribution is -2.28. The molecule has 1 amide bonds. The summed E-state index contributed by atoms with van der Waals surface area (Å²) in [6.07, 6.45) is -2.60. The normalized spacial score (nSPS) is 9.83. The lowest BCUT2D eigenvalue weighted by atomic mass is 10.1. The van der Waals surface area contributed by atoms with Crippen molar-refractivity contribution in [1.29, 1.82) is 0 Å². The van der Waals surface area contributed by atoms with Crippen LogP contribution in [0.5, 0.6) is 0 Å². The maximum atomic E-state index is 11.9. The highest BCUT2D eigenvalue weighted by atomic mass is 35.5. The van der Waals surface area contributed by atoms with Gasteiger partial charge in [0.2, 0.25) is 0 Å². The number of hydrogen-bond donors (Lipinski definition) is 2. The second-order valence-electron chi connectivity index (χ2n) is 3.26. The van der Waals surface area contributed by atoms with Crippen molar-refractivity contribution in [2.45, 2.75) is 6.43 Å². The smallest absolute Gasteiger partial charge is 0.255 e. The van der Waals surface area contributed by atoms with E-state index in [0.717, 1.165) is 0 Å². The number of halogens is 3. The number of aliphatic hydroxyl groups is 1. The number of carbonyl (C=O) groups is 1. The maximum absolute atomic E-state index is 11.9. The topological polar surface area (TPSA) is 49.3 Å². The third-order valence-electron chi connectivity index (χ3n) is 1.95. The van der Waals surface area contributed by atoms with Gasteiger partial charge in [-0.2, -0.15) is 0 Å². The van der Waals surface area contributed by atoms with Crippen molar-refractivity contribution in [3.05, 3.63) is 34.3 Å². The van der Waals surface area contributed by atoms with Gasteiger partial charge in [0, 0.05) is 11.1 Å². The molecule has 0 saturated carbocycles. The molecule has 0 heterocycles. The van der Waals surface area contributed by atoms with Crippen LogP contribution in [-0.4, -0.2) is 30.6 Å². The first-order valence-corrected chi connectivity index (χ1v) is 5.38. The number of rotatable bonds is 3. The van der Waals surface area contributed by atoms with Crippen LogP contribution in [0.2, 0.25) is 5.02 Å². The third-order valence-corrected chi connectivity index (χ3v) is 2.26. The van der Waals surface area contributed by atoms with Gasteiger partial charge >= 0.3 is 0 Å². The molecule has 1 aromatic rings. The number of carbonyl (C=O) groups excluding carboxylic acids is 1. The second-order valence-corrected chi connectivity index (χ2v) is 3.66. The fourth-order valence-electron chi connectivity index (χ4n) is 1.16. The number of nitrogens with one attached hydrogen (secondary N) is 1. The molecule has 0 atom stereocenters. The van der Waals surface area contributed by atoms with Gasteiger partial charge in [-0.1, -0.05) is 23.4 Å². The molecule has 0 fully saturated rings. The zero-order valence-electron chi connectivity index (χ0n) is 9.21. The summed E-state index contributed by atoms with van der Waals surface area (Å²) in [6.45, 7) is -1.00. The standard InChI is InChI=1S/C12H10ClF2NO2/c13-10-6-9(12(18)16-7-11(14)15)4-3-8(10)2-1-5-17/h3-4,6,11,17H,5,7H2,(H,16,18). The van der Waals surface area contributed by atoms with Gasteiger partial charge in [0.05, 0.1) is 11.6 Å². The van der Waals surface area contributed by atoms with Crippen LogP contribution in [0.1, 0.15) is 15.9 Å². The van der Waals surface area contributed by atoms with Crippen LogP contribution in [0.3, 0.4) is 0 Å². The van der Waals surface area contributed by atoms with Crippen molar-refractivity contribution in [3.8, 4) is 11.8 Å². The Balaban J connectivity index is 2.80. The molecule has 0 aliphatic carbocycles. The summed E-state index contributed by atoms with van der Waals surface area (Å²) in [5.74, 6) is 4.38. The minimum absolute atomic E-state index is 0.176. The Labute approximate surface area is 108 Å². The second kappa shape index (κ2) is 6.94. The van der Waals surface area contributed by atoms with Crippen LogP contribution >= 0.6 is 11.6 Å². The van der Waals surface area contributed by atoms with Crippen LogP contribution in [-0.2, 0) is 0 Å². The van der Waals surface area contributed by atoms with Crippen LogP contribution in [0, 0.1) is 11.8 Å². The highest BCUT2D eigenvalue weighted by Gasteiger charge is 2.10. The summed E-state index contributed by atoms with van der Waals surface area (Å²) in [4.78, 5) is 11.4. The maximum Gasteiger partial charge on any atom is 0.255 e. The van der Waals surface area contributed by atoms with Crippen molar-refractivity contribution >= 4 is 17.5 Å². The number of aliphatic hydroxyl groups excluding tert-OH is 1. The Morgan fingerprint density at radius 1 is 1.50 bits per heavy atom. The predicted molar refractivity (Wildman–Crippen MR) is 63.8 cm³/mol. The Morgan fingerprint density at radius 3 is 2.78 bits per heavy atom. The number of alkyl halides is 2. The Bertz CT molecular complexity index is 495. The SMILES string of the molecule is O=C(NCC(F)F)c1ccc(C#CCO)c(Cl)c1. The minimum Gasteiger partial charge on any atom is -0.384 e. The van der Waals surface area contributed by atoms with Crippen molar-refractivity contribution in [3.63, 3.8) is 0 Å². The van der Waals surface area contributed by atoms with Crippen molar-refractivity contribution in [2.24, 2.45) is 0 Å². The lowest BCUT2D eigenvalue weighted by molar-refractivity contribution is 0.0891. The molecule has 0 saturated heterocycles. The van der Waals surface area contributed by atoms with E-state index in [2.05, 4.69) is 17.2 Å². The fourth-order valence-corrected chi connectivity index (χ4v) is 1.39. The Kier molecular flexibility index (Phi) is 5.56. The van der Waals surface area contributed by atoms with E-state index >= 15 is 0 Å². The molecule has 18 heavy (non-hydrogen) atoms. The molecule has 6 heteroatoms. The summed E-state index contributed by atoms with van der Waals surface area (Å²) < 4.78 is 23.8. The van der Waals surface area contributed by atoms with Gasteiger partial charge in [-0.15, -0.1) is 0 Å². The van der Waals surface area contributed by atoms with E-state index in [-0.39, 0.29) is 17.2 Å². The van der Waals surface area contributed by atoms with E-state index in [4.69, 9.17) is 16.7 Å². The van der Waals surface area contributed by atoms with E-state index < -0.39 is 18.9 Å². The molecule has 0 spiro atoms. The zero-order valence-corrected chi connectivity index (χ0v) is 9.97. The van der Waals surface area contributed by atoms with E-state index in [0.29, 0.717) is 5.56 Å². The van der Waals surface area contributed by atoms with Gasteiger partial charge in [0.15, 0.2) is 0 Å². The van der Waals surface area contributed by atoms with Crippen molar-refractivity contribution in [1.82, 2.24) is 5.32 Å². The number of benzene rings is 1. The molecule has 3 nitrogen and oxygen atoms in total. The van der Waals surface area contributed by atoms with Gasteiger partial charge in [0.25, 0.3) is 12.3 Å². The van der Waals surface area contributed by atoms with Gasteiger partial charge in [-0.3, -0.25) is 4.79 Å². The minimum atomic E-state index is -2.60. The summed E-state index contributed by atoms with van der Waals surface area (Å²) in [7, 11) is 0. The Hall–Kier alpha value is -1.64. The summed E-state index contributed by atoms with van der Waals surface area (Å²) in [5, 5.41) is 10.8. The first-order valence-electron chi connectivity index (χ1n) is 5.00. The third kappa shape index (κ3) is 4.32. The quantitative estimate of drug-likeness (QED) is 0.823. The van der Waals surface area contributed by atoms with E-state index in [1.165, 1.54) is 18.2 Å². The average molecular weight is 274 g/mol. The van der Waals surface area contributed by atoms with Gasteiger partial charge in [-0.25, -0.2) is 8.78 Å². The van der Waals surface area contributed by atoms with Crippen molar-refractivity contribution in [2.75, 3.05) is 13.2 Å². The van der Waals surface area contributed by atoms with Crippen LogP contribution in [0.15, 0.2) is 18.2 Å². The highest BCUT2D eigenvalue weighted by Crippen LogP contribution is 2.17. The Morgan fingerprint density at radius 2 is 2.22 bits per heavy atom. The van der Waals surface area contributed by atoms with Gasteiger partial charge < -0.3 is 10.4 Å². The largest absolute Gasteiger partial charge is 0.384 e. The van der Waals surface area contributed by atoms with Gasteiger partial charge in [-0.05, 0) is 18.2 Å². The molecule has 0 radical (unpaired) electrons. The molecule has 1 rings (SSSR count).